The molecule has 2 heteroatoms. The minimum Gasteiger partial charge on any atom is -0.439 e. The van der Waals surface area contributed by atoms with E-state index in [0.29, 0.717) is 0 Å². The summed E-state index contributed by atoms with van der Waals surface area (Å²) in [6, 6.07) is 8.32. The summed E-state index contributed by atoms with van der Waals surface area (Å²) in [5.74, 6) is 1.03. The van der Waals surface area contributed by atoms with E-state index in [0.717, 1.165) is 14.2 Å². The first-order valence-corrected chi connectivity index (χ1v) is 5.80. The van der Waals surface area contributed by atoms with Crippen LogP contribution in [0.3, 0.4) is 0 Å². The van der Waals surface area contributed by atoms with E-state index in [2.05, 4.69) is 24.3 Å². The van der Waals surface area contributed by atoms with Gasteiger partial charge in [0.05, 0.1) is 0 Å². The second kappa shape index (κ2) is 3.25. The first kappa shape index (κ1) is 8.26. The van der Waals surface area contributed by atoms with Crippen LogP contribution in [0.1, 0.15) is 24.8 Å². The highest BCUT2D eigenvalue weighted by Crippen LogP contribution is 2.39. The first-order chi connectivity index (χ1) is 6.95. The lowest BCUT2D eigenvalue weighted by Crippen LogP contribution is -2.09. The molecule has 0 atom stereocenters. The van der Waals surface area contributed by atoms with E-state index < -0.39 is 0 Å². The molecule has 0 bridgehead atoms. The smallest absolute Gasteiger partial charge is 0.139 e. The van der Waals surface area contributed by atoms with Crippen LogP contribution < -0.4 is 4.52 Å². The van der Waals surface area contributed by atoms with Crippen molar-refractivity contribution in [3.05, 3.63) is 35.9 Å². The summed E-state index contributed by atoms with van der Waals surface area (Å²) in [7, 11) is 1.04. The van der Waals surface area contributed by atoms with Crippen LogP contribution in [0.25, 0.3) is 5.57 Å². The van der Waals surface area contributed by atoms with Crippen molar-refractivity contribution in [2.45, 2.75) is 19.3 Å². The van der Waals surface area contributed by atoms with Crippen molar-refractivity contribution in [3.63, 3.8) is 0 Å². The fraction of sp³-hybridized carbons (Fsp3) is 0.250. The van der Waals surface area contributed by atoms with E-state index >= 15 is 0 Å². The highest BCUT2D eigenvalue weighted by molar-refractivity contribution is 7.38. The van der Waals surface area contributed by atoms with Gasteiger partial charge in [-0.1, -0.05) is 24.3 Å². The fourth-order valence-electron chi connectivity index (χ4n) is 2.00. The van der Waals surface area contributed by atoms with Gasteiger partial charge in [-0.05, 0) is 30.9 Å². The maximum absolute atomic E-state index is 5.69. The molecule has 1 heterocycles. The maximum atomic E-state index is 5.69. The molecule has 0 saturated carbocycles. The van der Waals surface area contributed by atoms with Crippen LogP contribution in [-0.2, 0) is 0 Å². The Kier molecular flexibility index (Phi) is 1.92. The van der Waals surface area contributed by atoms with Crippen molar-refractivity contribution in [2.24, 2.45) is 0 Å². The average Bonchev–Trinajstić information content (AvgIpc) is 2.29. The van der Waals surface area contributed by atoms with Crippen LogP contribution in [0.4, 0.5) is 0 Å². The quantitative estimate of drug-likeness (QED) is 0.583. The summed E-state index contributed by atoms with van der Waals surface area (Å²) in [6.07, 6.45) is 6.04. The van der Waals surface area contributed by atoms with Crippen LogP contribution >= 0.6 is 8.43 Å². The molecule has 2 aliphatic rings. The third-order valence-corrected chi connectivity index (χ3v) is 3.68. The molecule has 0 radical (unpaired) electrons. The summed E-state index contributed by atoms with van der Waals surface area (Å²) in [4.78, 5) is 0. The molecule has 0 aromatic heterocycles. The first-order valence-electron chi connectivity index (χ1n) is 4.99. The molecule has 1 aromatic carbocycles. The molecule has 70 valence electrons. The molecule has 3 rings (SSSR count). The second-order valence-electron chi connectivity index (χ2n) is 3.64. The van der Waals surface area contributed by atoms with Gasteiger partial charge < -0.3 is 4.52 Å². The Morgan fingerprint density at radius 1 is 1.21 bits per heavy atom. The summed E-state index contributed by atoms with van der Waals surface area (Å²) in [5.41, 5.74) is 2.71. The normalized spacial score (nSPS) is 19.7. The van der Waals surface area contributed by atoms with E-state index in [4.69, 9.17) is 4.52 Å². The number of para-hydroxylation sites is 1. The van der Waals surface area contributed by atoms with Gasteiger partial charge in [-0.2, -0.15) is 0 Å². The molecule has 1 aliphatic heterocycles. The molecular formula is C12H11OP. The average molecular weight is 202 g/mol. The molecule has 14 heavy (non-hydrogen) atoms. The third-order valence-electron chi connectivity index (χ3n) is 2.71. The Hall–Kier alpha value is -1.07. The standard InChI is InChI=1S/C12H11OP/c1-3-7-11-9(5-1)10-6-2-4-8-12(10)14-13-11/h1,3,5-7H,2,4,8H2. The molecule has 0 fully saturated rings. The van der Waals surface area contributed by atoms with Crippen molar-refractivity contribution >= 4 is 19.3 Å². The van der Waals surface area contributed by atoms with Gasteiger partial charge in [0.1, 0.15) is 14.2 Å². The Bertz CT molecular complexity index is 432. The zero-order valence-corrected chi connectivity index (χ0v) is 8.76. The van der Waals surface area contributed by atoms with Gasteiger partial charge in [-0.25, -0.2) is 0 Å². The fourth-order valence-corrected chi connectivity index (χ4v) is 2.93. The van der Waals surface area contributed by atoms with Gasteiger partial charge in [0.15, 0.2) is 0 Å². The van der Waals surface area contributed by atoms with E-state index in [1.807, 2.05) is 6.07 Å². The Morgan fingerprint density at radius 3 is 3.14 bits per heavy atom. The Balaban J connectivity index is 2.17. The van der Waals surface area contributed by atoms with E-state index in [1.165, 1.54) is 35.7 Å². The molecule has 1 aromatic rings. The van der Waals surface area contributed by atoms with Crippen LogP contribution in [-0.4, -0.2) is 5.29 Å². The number of rotatable bonds is 0. The van der Waals surface area contributed by atoms with Crippen molar-refractivity contribution in [1.29, 1.82) is 0 Å². The minimum atomic E-state index is 1.03. The predicted molar refractivity (Wildman–Crippen MR) is 60.8 cm³/mol. The number of benzene rings is 1. The van der Waals surface area contributed by atoms with Gasteiger partial charge in [-0.15, -0.1) is 0 Å². The lowest BCUT2D eigenvalue weighted by Gasteiger charge is -2.22. The molecule has 1 aliphatic carbocycles. The molecule has 0 amide bonds. The van der Waals surface area contributed by atoms with Crippen LogP contribution in [0.5, 0.6) is 5.75 Å². The highest BCUT2D eigenvalue weighted by Gasteiger charge is 2.20. The Morgan fingerprint density at radius 2 is 2.14 bits per heavy atom. The number of hydrogen-bond acceptors (Lipinski definition) is 1. The van der Waals surface area contributed by atoms with Crippen molar-refractivity contribution in [3.8, 4) is 5.75 Å². The monoisotopic (exact) mass is 202 g/mol. The van der Waals surface area contributed by atoms with Crippen LogP contribution in [0.15, 0.2) is 30.3 Å². The van der Waals surface area contributed by atoms with E-state index in [9.17, 15) is 0 Å². The highest BCUT2D eigenvalue weighted by atomic mass is 31.1. The zero-order chi connectivity index (χ0) is 9.38. The van der Waals surface area contributed by atoms with Crippen molar-refractivity contribution in [2.75, 3.05) is 0 Å². The lowest BCUT2D eigenvalue weighted by molar-refractivity contribution is 0.637. The van der Waals surface area contributed by atoms with Gasteiger partial charge in [0.2, 0.25) is 0 Å². The summed E-state index contributed by atoms with van der Waals surface area (Å²) < 4.78 is 5.69. The minimum absolute atomic E-state index is 1.03. The molecule has 1 nitrogen and oxygen atoms in total. The van der Waals surface area contributed by atoms with Gasteiger partial charge in [0.25, 0.3) is 0 Å². The topological polar surface area (TPSA) is 9.23 Å². The largest absolute Gasteiger partial charge is 0.439 e. The summed E-state index contributed by atoms with van der Waals surface area (Å²) in [5, 5.41) is 1.45. The van der Waals surface area contributed by atoms with Crippen molar-refractivity contribution < 1.29 is 4.52 Å². The van der Waals surface area contributed by atoms with Gasteiger partial charge in [0, 0.05) is 10.9 Å². The molecule has 0 unspecified atom stereocenters. The summed E-state index contributed by atoms with van der Waals surface area (Å²) in [6.45, 7) is 0. The zero-order valence-electron chi connectivity index (χ0n) is 7.86. The lowest BCUT2D eigenvalue weighted by atomic mass is 9.93. The van der Waals surface area contributed by atoms with E-state index in [-0.39, 0.29) is 0 Å². The van der Waals surface area contributed by atoms with E-state index in [1.54, 1.807) is 0 Å². The maximum Gasteiger partial charge on any atom is 0.139 e. The number of fused-ring (bicyclic) bond motifs is 3. The van der Waals surface area contributed by atoms with Crippen molar-refractivity contribution in [1.82, 2.24) is 0 Å². The predicted octanol–water partition coefficient (Wildman–Crippen LogP) is 3.68. The summed E-state index contributed by atoms with van der Waals surface area (Å²) >= 11 is 0. The van der Waals surface area contributed by atoms with Crippen LogP contribution in [0.2, 0.25) is 0 Å². The molecular weight excluding hydrogens is 191 g/mol. The molecule has 0 spiro atoms. The molecule has 0 N–H and O–H groups in total. The number of hydrogen-bond donors (Lipinski definition) is 0. The van der Waals surface area contributed by atoms with Gasteiger partial charge in [-0.3, -0.25) is 0 Å². The van der Waals surface area contributed by atoms with Crippen LogP contribution in [0, 0.1) is 0 Å². The SMILES string of the molecule is C1=C2C(=POc3ccccc32)CCC1. The van der Waals surface area contributed by atoms with Gasteiger partial charge >= 0.3 is 0 Å². The Labute approximate surface area is 85.3 Å². The third kappa shape index (κ3) is 1.20. The molecule has 0 saturated heterocycles. The second-order valence-corrected chi connectivity index (χ2v) is 4.54. The number of allylic oxidation sites excluding steroid dienone is 2.